The second-order valence-corrected chi connectivity index (χ2v) is 7.94. The largest absolute Gasteiger partial charge is 0.486 e. The minimum atomic E-state index is -3.57. The number of benzene rings is 1. The minimum Gasteiger partial charge on any atom is -0.486 e. The highest BCUT2D eigenvalue weighted by molar-refractivity contribution is 7.91. The van der Waals surface area contributed by atoms with E-state index in [1.165, 1.54) is 12.1 Å². The van der Waals surface area contributed by atoms with E-state index in [1.54, 1.807) is 18.5 Å². The van der Waals surface area contributed by atoms with Crippen molar-refractivity contribution >= 4 is 15.7 Å². The summed E-state index contributed by atoms with van der Waals surface area (Å²) in [7, 11) is -3.57. The Morgan fingerprint density at radius 3 is 2.58 bits per heavy atom. The number of pyridine rings is 1. The van der Waals surface area contributed by atoms with E-state index in [0.717, 1.165) is 5.56 Å². The number of carbonyl (C=O) groups excluding carboxylic acids is 1. The molecule has 1 amide bonds. The molecule has 0 saturated carbocycles. The number of hydrogen-bond donors (Lipinski definition) is 1. The standard InChI is InChI=1S/C18H20N2O5S/c21-18(20-9-5-14-3-7-19-8-4-14)6-12-26(22,23)15-1-2-16-17(13-15)25-11-10-24-16/h1-4,7-8,13H,5-6,9-12H2,(H,20,21). The van der Waals surface area contributed by atoms with Gasteiger partial charge in [-0.2, -0.15) is 0 Å². The van der Waals surface area contributed by atoms with Crippen molar-refractivity contribution < 1.29 is 22.7 Å². The van der Waals surface area contributed by atoms with E-state index in [2.05, 4.69) is 10.3 Å². The molecule has 8 heteroatoms. The summed E-state index contributed by atoms with van der Waals surface area (Å²) < 4.78 is 35.7. The van der Waals surface area contributed by atoms with E-state index in [0.29, 0.717) is 37.7 Å². The first-order chi connectivity index (χ1) is 12.5. The van der Waals surface area contributed by atoms with Gasteiger partial charge in [0.2, 0.25) is 5.91 Å². The fourth-order valence-electron chi connectivity index (χ4n) is 2.55. The van der Waals surface area contributed by atoms with Crippen molar-refractivity contribution in [1.29, 1.82) is 0 Å². The first-order valence-electron chi connectivity index (χ1n) is 8.32. The Bertz CT molecular complexity index is 868. The summed E-state index contributed by atoms with van der Waals surface area (Å²) in [6, 6.07) is 8.25. The maximum atomic E-state index is 12.4. The third-order valence-electron chi connectivity index (χ3n) is 3.96. The molecule has 0 aliphatic carbocycles. The van der Waals surface area contributed by atoms with Crippen LogP contribution >= 0.6 is 0 Å². The fourth-order valence-corrected chi connectivity index (χ4v) is 3.80. The maximum Gasteiger partial charge on any atom is 0.221 e. The average molecular weight is 376 g/mol. The Hall–Kier alpha value is -2.61. The van der Waals surface area contributed by atoms with Crippen LogP contribution in [0.3, 0.4) is 0 Å². The summed E-state index contributed by atoms with van der Waals surface area (Å²) in [5, 5.41) is 2.74. The summed E-state index contributed by atoms with van der Waals surface area (Å²) in [5.74, 6) is 0.400. The van der Waals surface area contributed by atoms with Gasteiger partial charge in [-0.15, -0.1) is 0 Å². The van der Waals surface area contributed by atoms with E-state index in [4.69, 9.17) is 9.47 Å². The van der Waals surface area contributed by atoms with Crippen molar-refractivity contribution in [3.05, 3.63) is 48.3 Å². The number of rotatable bonds is 7. The zero-order valence-electron chi connectivity index (χ0n) is 14.2. The van der Waals surface area contributed by atoms with Gasteiger partial charge in [-0.05, 0) is 36.2 Å². The number of sulfone groups is 1. The van der Waals surface area contributed by atoms with E-state index in [-0.39, 0.29) is 23.0 Å². The van der Waals surface area contributed by atoms with Crippen molar-refractivity contribution in [3.63, 3.8) is 0 Å². The van der Waals surface area contributed by atoms with Crippen LogP contribution in [-0.2, 0) is 21.1 Å². The zero-order chi connectivity index (χ0) is 18.4. The van der Waals surface area contributed by atoms with Crippen LogP contribution in [0.5, 0.6) is 11.5 Å². The molecule has 2 aromatic rings. The number of amides is 1. The summed E-state index contributed by atoms with van der Waals surface area (Å²) in [6.07, 6.45) is 3.96. The molecular formula is C18H20N2O5S. The van der Waals surface area contributed by atoms with Gasteiger partial charge in [-0.1, -0.05) is 0 Å². The minimum absolute atomic E-state index is 0.0902. The molecule has 0 atom stereocenters. The van der Waals surface area contributed by atoms with Crippen LogP contribution in [0.15, 0.2) is 47.6 Å². The summed E-state index contributed by atoms with van der Waals surface area (Å²) >= 11 is 0. The predicted octanol–water partition coefficient (Wildman–Crippen LogP) is 1.38. The molecule has 2 heterocycles. The first-order valence-corrected chi connectivity index (χ1v) is 9.98. The molecule has 7 nitrogen and oxygen atoms in total. The number of ether oxygens (including phenoxy) is 2. The normalized spacial score (nSPS) is 13.2. The van der Waals surface area contributed by atoms with Gasteiger partial charge < -0.3 is 14.8 Å². The van der Waals surface area contributed by atoms with E-state index >= 15 is 0 Å². The number of nitrogens with zero attached hydrogens (tertiary/aromatic N) is 1. The second kappa shape index (κ2) is 8.18. The quantitative estimate of drug-likeness (QED) is 0.784. The first kappa shape index (κ1) is 18.2. The third-order valence-corrected chi connectivity index (χ3v) is 5.67. The van der Waals surface area contributed by atoms with E-state index in [9.17, 15) is 13.2 Å². The lowest BCUT2D eigenvalue weighted by Gasteiger charge is -2.18. The van der Waals surface area contributed by atoms with Crippen LogP contribution < -0.4 is 14.8 Å². The van der Waals surface area contributed by atoms with Crippen molar-refractivity contribution in [1.82, 2.24) is 10.3 Å². The van der Waals surface area contributed by atoms with Gasteiger partial charge in [0.25, 0.3) is 0 Å². The lowest BCUT2D eigenvalue weighted by molar-refractivity contribution is -0.120. The van der Waals surface area contributed by atoms with E-state index in [1.807, 2.05) is 12.1 Å². The smallest absolute Gasteiger partial charge is 0.221 e. The second-order valence-electron chi connectivity index (χ2n) is 5.83. The molecule has 0 saturated heterocycles. The van der Waals surface area contributed by atoms with Crippen molar-refractivity contribution in [2.45, 2.75) is 17.7 Å². The molecule has 1 N–H and O–H groups in total. The Labute approximate surface area is 152 Å². The zero-order valence-corrected chi connectivity index (χ0v) is 15.0. The van der Waals surface area contributed by atoms with Gasteiger partial charge in [0.05, 0.1) is 10.6 Å². The SMILES string of the molecule is O=C(CCS(=O)(=O)c1ccc2c(c1)OCCO2)NCCc1ccncc1. The lowest BCUT2D eigenvalue weighted by atomic mass is 10.2. The average Bonchev–Trinajstić information content (AvgIpc) is 2.67. The molecule has 0 radical (unpaired) electrons. The Balaban J connectivity index is 1.50. The molecule has 26 heavy (non-hydrogen) atoms. The van der Waals surface area contributed by atoms with Crippen molar-refractivity contribution in [3.8, 4) is 11.5 Å². The van der Waals surface area contributed by atoms with Gasteiger partial charge in [0, 0.05) is 31.4 Å². The Morgan fingerprint density at radius 2 is 1.81 bits per heavy atom. The highest BCUT2D eigenvalue weighted by Crippen LogP contribution is 2.32. The molecule has 0 bridgehead atoms. The van der Waals surface area contributed by atoms with Gasteiger partial charge in [0.1, 0.15) is 13.2 Å². The third kappa shape index (κ3) is 4.72. The highest BCUT2D eigenvalue weighted by Gasteiger charge is 2.20. The lowest BCUT2D eigenvalue weighted by Crippen LogP contribution is -2.27. The molecule has 138 valence electrons. The van der Waals surface area contributed by atoms with Crippen molar-refractivity contribution in [2.24, 2.45) is 0 Å². The van der Waals surface area contributed by atoms with Crippen LogP contribution in [-0.4, -0.2) is 44.8 Å². The van der Waals surface area contributed by atoms with E-state index < -0.39 is 9.84 Å². The molecule has 0 unspecified atom stereocenters. The van der Waals surface area contributed by atoms with Gasteiger partial charge in [-0.3, -0.25) is 9.78 Å². The van der Waals surface area contributed by atoms with Crippen LogP contribution in [0.25, 0.3) is 0 Å². The molecular weight excluding hydrogens is 356 g/mol. The molecule has 1 aromatic carbocycles. The van der Waals surface area contributed by atoms with Crippen LogP contribution in [0, 0.1) is 0 Å². The van der Waals surface area contributed by atoms with Gasteiger partial charge in [0.15, 0.2) is 21.3 Å². The highest BCUT2D eigenvalue weighted by atomic mass is 32.2. The Kier molecular flexibility index (Phi) is 5.72. The van der Waals surface area contributed by atoms with Crippen LogP contribution in [0.4, 0.5) is 0 Å². The predicted molar refractivity (Wildman–Crippen MR) is 95.1 cm³/mol. The molecule has 1 aliphatic rings. The molecule has 0 fully saturated rings. The topological polar surface area (TPSA) is 94.6 Å². The van der Waals surface area contributed by atoms with Crippen molar-refractivity contribution in [2.75, 3.05) is 25.5 Å². The van der Waals surface area contributed by atoms with Gasteiger partial charge >= 0.3 is 0 Å². The Morgan fingerprint density at radius 1 is 1.08 bits per heavy atom. The summed E-state index contributed by atoms with van der Waals surface area (Å²) in [5.41, 5.74) is 1.06. The summed E-state index contributed by atoms with van der Waals surface area (Å²) in [6.45, 7) is 1.28. The monoisotopic (exact) mass is 376 g/mol. The van der Waals surface area contributed by atoms with Crippen LogP contribution in [0.2, 0.25) is 0 Å². The summed E-state index contributed by atoms with van der Waals surface area (Å²) in [4.78, 5) is 16.0. The number of fused-ring (bicyclic) bond motifs is 1. The number of aromatic nitrogens is 1. The van der Waals surface area contributed by atoms with Crippen LogP contribution in [0.1, 0.15) is 12.0 Å². The number of carbonyl (C=O) groups is 1. The molecule has 1 aromatic heterocycles. The molecule has 1 aliphatic heterocycles. The maximum absolute atomic E-state index is 12.4. The number of nitrogens with one attached hydrogen (secondary N) is 1. The molecule has 3 rings (SSSR count). The van der Waals surface area contributed by atoms with Gasteiger partial charge in [-0.25, -0.2) is 8.42 Å². The fraction of sp³-hybridized carbons (Fsp3) is 0.333. The number of hydrogen-bond acceptors (Lipinski definition) is 6. The molecule has 0 spiro atoms.